The minimum Gasteiger partial charge on any atom is -0.338 e. The number of hydrogen-bond donors (Lipinski definition) is 2. The molecule has 2 amide bonds. The number of piperidine rings is 1. The summed E-state index contributed by atoms with van der Waals surface area (Å²) in [5.74, 6) is -0.0248. The maximum atomic E-state index is 12.8. The highest BCUT2D eigenvalue weighted by atomic mass is 32.2. The summed E-state index contributed by atoms with van der Waals surface area (Å²) >= 11 is 0. The Balaban J connectivity index is 1.66. The number of carbonyl (C=O) groups is 1. The van der Waals surface area contributed by atoms with E-state index < -0.39 is 10.0 Å². The molecule has 1 aliphatic heterocycles. The van der Waals surface area contributed by atoms with Gasteiger partial charge in [-0.25, -0.2) is 21.9 Å². The molecular formula is C15H22FN3O3S. The summed E-state index contributed by atoms with van der Waals surface area (Å²) in [6.45, 7) is 1.86. The van der Waals surface area contributed by atoms with Crippen LogP contribution in [-0.4, -0.2) is 44.6 Å². The molecule has 2 N–H and O–H groups in total. The van der Waals surface area contributed by atoms with Crippen molar-refractivity contribution >= 4 is 16.1 Å². The first-order valence-electron chi connectivity index (χ1n) is 7.56. The van der Waals surface area contributed by atoms with Gasteiger partial charge in [0.15, 0.2) is 0 Å². The van der Waals surface area contributed by atoms with E-state index in [0.29, 0.717) is 26.2 Å². The molecule has 0 unspecified atom stereocenters. The van der Waals surface area contributed by atoms with Crippen LogP contribution in [0.15, 0.2) is 24.3 Å². The van der Waals surface area contributed by atoms with Crippen molar-refractivity contribution in [2.45, 2.75) is 19.4 Å². The molecule has 2 rings (SSSR count). The Hall–Kier alpha value is -1.67. The molecular weight excluding hydrogens is 321 g/mol. The van der Waals surface area contributed by atoms with E-state index in [0.717, 1.165) is 18.4 Å². The SMILES string of the molecule is CS(=O)(=O)N1CCC(CNC(=O)NCc2ccc(F)cc2)CC1. The molecule has 1 aromatic rings. The smallest absolute Gasteiger partial charge is 0.315 e. The Morgan fingerprint density at radius 2 is 1.83 bits per heavy atom. The molecule has 0 spiro atoms. The van der Waals surface area contributed by atoms with Gasteiger partial charge in [0.2, 0.25) is 10.0 Å². The van der Waals surface area contributed by atoms with Gasteiger partial charge in [-0.3, -0.25) is 0 Å². The molecule has 0 atom stereocenters. The molecule has 1 fully saturated rings. The Bertz CT molecular complexity index is 626. The van der Waals surface area contributed by atoms with Crippen molar-refractivity contribution < 1.29 is 17.6 Å². The minimum atomic E-state index is -3.12. The van der Waals surface area contributed by atoms with Crippen molar-refractivity contribution in [3.63, 3.8) is 0 Å². The van der Waals surface area contributed by atoms with Crippen LogP contribution in [0.5, 0.6) is 0 Å². The van der Waals surface area contributed by atoms with E-state index >= 15 is 0 Å². The highest BCUT2D eigenvalue weighted by Crippen LogP contribution is 2.18. The summed E-state index contributed by atoms with van der Waals surface area (Å²) in [4.78, 5) is 11.7. The van der Waals surface area contributed by atoms with E-state index in [1.807, 2.05) is 0 Å². The number of hydrogen-bond acceptors (Lipinski definition) is 3. The largest absolute Gasteiger partial charge is 0.338 e. The maximum absolute atomic E-state index is 12.8. The molecule has 0 aromatic heterocycles. The second-order valence-electron chi connectivity index (χ2n) is 5.80. The zero-order valence-electron chi connectivity index (χ0n) is 13.1. The molecule has 1 aromatic carbocycles. The summed E-state index contributed by atoms with van der Waals surface area (Å²) < 4.78 is 37.1. The molecule has 23 heavy (non-hydrogen) atoms. The highest BCUT2D eigenvalue weighted by Gasteiger charge is 2.24. The van der Waals surface area contributed by atoms with E-state index in [1.54, 1.807) is 12.1 Å². The van der Waals surface area contributed by atoms with Gasteiger partial charge in [0.1, 0.15) is 5.82 Å². The predicted octanol–water partition coefficient (Wildman–Crippen LogP) is 1.30. The lowest BCUT2D eigenvalue weighted by Gasteiger charge is -2.30. The Kier molecular flexibility index (Phi) is 5.95. The van der Waals surface area contributed by atoms with Crippen LogP contribution in [-0.2, 0) is 16.6 Å². The number of sulfonamides is 1. The monoisotopic (exact) mass is 343 g/mol. The molecule has 0 bridgehead atoms. The first-order valence-corrected chi connectivity index (χ1v) is 9.40. The van der Waals surface area contributed by atoms with Gasteiger partial charge in [-0.15, -0.1) is 0 Å². The third-order valence-electron chi connectivity index (χ3n) is 3.96. The maximum Gasteiger partial charge on any atom is 0.315 e. The zero-order valence-corrected chi connectivity index (χ0v) is 13.9. The summed E-state index contributed by atoms with van der Waals surface area (Å²) in [7, 11) is -3.12. The lowest BCUT2D eigenvalue weighted by molar-refractivity contribution is 0.231. The molecule has 0 saturated carbocycles. The highest BCUT2D eigenvalue weighted by molar-refractivity contribution is 7.88. The third kappa shape index (κ3) is 5.80. The quantitative estimate of drug-likeness (QED) is 0.846. The Morgan fingerprint density at radius 3 is 2.39 bits per heavy atom. The van der Waals surface area contributed by atoms with E-state index in [-0.39, 0.29) is 17.8 Å². The van der Waals surface area contributed by atoms with E-state index in [1.165, 1.54) is 22.7 Å². The number of amides is 2. The van der Waals surface area contributed by atoms with E-state index in [4.69, 9.17) is 0 Å². The van der Waals surface area contributed by atoms with Gasteiger partial charge < -0.3 is 10.6 Å². The number of nitrogens with one attached hydrogen (secondary N) is 2. The van der Waals surface area contributed by atoms with Crippen LogP contribution >= 0.6 is 0 Å². The molecule has 1 saturated heterocycles. The number of nitrogens with zero attached hydrogens (tertiary/aromatic N) is 1. The Morgan fingerprint density at radius 1 is 1.22 bits per heavy atom. The first kappa shape index (κ1) is 17.7. The number of carbonyl (C=O) groups excluding carboxylic acids is 1. The summed E-state index contributed by atoms with van der Waals surface area (Å²) in [5.41, 5.74) is 0.822. The van der Waals surface area contributed by atoms with Gasteiger partial charge in [-0.1, -0.05) is 12.1 Å². The van der Waals surface area contributed by atoms with Gasteiger partial charge in [-0.2, -0.15) is 0 Å². The predicted molar refractivity (Wildman–Crippen MR) is 85.8 cm³/mol. The molecule has 1 heterocycles. The molecule has 0 aliphatic carbocycles. The summed E-state index contributed by atoms with van der Waals surface area (Å²) in [5, 5.41) is 5.51. The number of benzene rings is 1. The average molecular weight is 343 g/mol. The summed E-state index contributed by atoms with van der Waals surface area (Å²) in [6.07, 6.45) is 2.70. The van der Waals surface area contributed by atoms with Gasteiger partial charge >= 0.3 is 6.03 Å². The second kappa shape index (κ2) is 7.74. The van der Waals surface area contributed by atoms with Crippen molar-refractivity contribution in [3.05, 3.63) is 35.6 Å². The van der Waals surface area contributed by atoms with Crippen molar-refractivity contribution in [1.29, 1.82) is 0 Å². The van der Waals surface area contributed by atoms with Gasteiger partial charge in [-0.05, 0) is 36.5 Å². The van der Waals surface area contributed by atoms with Crippen molar-refractivity contribution in [3.8, 4) is 0 Å². The van der Waals surface area contributed by atoms with Crippen LogP contribution in [0.1, 0.15) is 18.4 Å². The van der Waals surface area contributed by atoms with Crippen LogP contribution in [0.2, 0.25) is 0 Å². The van der Waals surface area contributed by atoms with Crippen molar-refractivity contribution in [1.82, 2.24) is 14.9 Å². The summed E-state index contributed by atoms with van der Waals surface area (Å²) in [6, 6.07) is 5.67. The lowest BCUT2D eigenvalue weighted by atomic mass is 9.98. The van der Waals surface area contributed by atoms with Crippen LogP contribution in [0, 0.1) is 11.7 Å². The number of rotatable bonds is 5. The first-order chi connectivity index (χ1) is 10.8. The fourth-order valence-electron chi connectivity index (χ4n) is 2.53. The van der Waals surface area contributed by atoms with Crippen molar-refractivity contribution in [2.75, 3.05) is 25.9 Å². The third-order valence-corrected chi connectivity index (χ3v) is 5.26. The second-order valence-corrected chi connectivity index (χ2v) is 7.78. The van der Waals surface area contributed by atoms with Crippen LogP contribution in [0.25, 0.3) is 0 Å². The molecule has 128 valence electrons. The van der Waals surface area contributed by atoms with E-state index in [9.17, 15) is 17.6 Å². The normalized spacial score (nSPS) is 17.0. The Labute approximate surface area is 136 Å². The van der Waals surface area contributed by atoms with E-state index in [2.05, 4.69) is 10.6 Å². The molecule has 6 nitrogen and oxygen atoms in total. The molecule has 8 heteroatoms. The fourth-order valence-corrected chi connectivity index (χ4v) is 3.40. The van der Waals surface area contributed by atoms with Crippen molar-refractivity contribution in [2.24, 2.45) is 5.92 Å². The van der Waals surface area contributed by atoms with Crippen LogP contribution < -0.4 is 10.6 Å². The average Bonchev–Trinajstić information content (AvgIpc) is 2.52. The van der Waals surface area contributed by atoms with Crippen LogP contribution in [0.3, 0.4) is 0 Å². The van der Waals surface area contributed by atoms with Gasteiger partial charge in [0.25, 0.3) is 0 Å². The molecule has 1 aliphatic rings. The molecule has 0 radical (unpaired) electrons. The fraction of sp³-hybridized carbons (Fsp3) is 0.533. The topological polar surface area (TPSA) is 78.5 Å². The minimum absolute atomic E-state index is 0.278. The zero-order chi connectivity index (χ0) is 16.9. The standard InChI is InChI=1S/C15H22FN3O3S/c1-23(21,22)19-8-6-13(7-9-19)11-18-15(20)17-10-12-2-4-14(16)5-3-12/h2-5,13H,6-11H2,1H3,(H2,17,18,20). The van der Waals surface area contributed by atoms with Gasteiger partial charge in [0, 0.05) is 26.2 Å². The number of urea groups is 1. The van der Waals surface area contributed by atoms with Gasteiger partial charge in [0.05, 0.1) is 6.26 Å². The van der Waals surface area contributed by atoms with Crippen LogP contribution in [0.4, 0.5) is 9.18 Å². The number of halogens is 1. The lowest BCUT2D eigenvalue weighted by Crippen LogP contribution is -2.43.